The van der Waals surface area contributed by atoms with E-state index >= 15 is 0 Å². The Bertz CT molecular complexity index is 1050. The second kappa shape index (κ2) is 8.78. The second-order valence-electron chi connectivity index (χ2n) is 7.69. The van der Waals surface area contributed by atoms with Crippen LogP contribution in [0.3, 0.4) is 0 Å². The average molecular weight is 410 g/mol. The van der Waals surface area contributed by atoms with E-state index < -0.39 is 0 Å². The van der Waals surface area contributed by atoms with Crippen molar-refractivity contribution in [3.8, 4) is 11.5 Å². The summed E-state index contributed by atoms with van der Waals surface area (Å²) in [5, 5.41) is 8.02. The molecule has 0 fully saturated rings. The highest BCUT2D eigenvalue weighted by Crippen LogP contribution is 2.34. The van der Waals surface area contributed by atoms with Crippen LogP contribution in [0.1, 0.15) is 29.7 Å². The summed E-state index contributed by atoms with van der Waals surface area (Å²) in [6.45, 7) is 3.24. The lowest BCUT2D eigenvalue weighted by Gasteiger charge is -2.22. The lowest BCUT2D eigenvalue weighted by molar-refractivity contribution is 0.394. The molecular weight excluding hydrogens is 381 g/mol. The molecule has 4 rings (SSSR count). The van der Waals surface area contributed by atoms with E-state index in [4.69, 9.17) is 14.5 Å². The van der Waals surface area contributed by atoms with Gasteiger partial charge in [0.25, 0.3) is 0 Å². The average Bonchev–Trinajstić information content (AvgIpc) is 2.77. The Balaban J connectivity index is 1.54. The summed E-state index contributed by atoms with van der Waals surface area (Å²) >= 11 is 0. The van der Waals surface area contributed by atoms with Gasteiger partial charge in [-0.2, -0.15) is 0 Å². The molecule has 6 heteroatoms. The molecule has 1 aliphatic rings. The molecule has 0 unspecified atom stereocenters. The summed E-state index contributed by atoms with van der Waals surface area (Å²) in [5.41, 5.74) is 5.79. The van der Waals surface area contributed by atoms with E-state index in [9.17, 15) is 4.39 Å². The number of anilines is 2. The normalized spacial score (nSPS) is 13.1. The molecule has 30 heavy (non-hydrogen) atoms. The maximum atomic E-state index is 14.1. The molecule has 2 N–H and O–H groups in total. The van der Waals surface area contributed by atoms with Crippen molar-refractivity contribution in [1.82, 2.24) is 4.98 Å². The van der Waals surface area contributed by atoms with Crippen LogP contribution in [0.5, 0.6) is 11.5 Å². The fraction of sp³-hybridized carbons (Fsp3) is 0.375. The lowest BCUT2D eigenvalue weighted by atomic mass is 9.92. The molecule has 0 amide bonds. The highest BCUT2D eigenvalue weighted by atomic mass is 19.1. The Labute approximate surface area is 176 Å². The molecule has 0 saturated heterocycles. The number of nitrogens with one attached hydrogen (secondary N) is 2. The SMILES string of the molecule is COc1cc(NCCNc2c3c(nc4cc(F)c(C)cc24)CCCC3)cc(OC)c1. The number of halogens is 1. The van der Waals surface area contributed by atoms with Crippen LogP contribution in [-0.4, -0.2) is 32.3 Å². The Morgan fingerprint density at radius 2 is 1.63 bits per heavy atom. The number of pyridine rings is 1. The van der Waals surface area contributed by atoms with Gasteiger partial charge in [0.2, 0.25) is 0 Å². The number of aryl methyl sites for hydroxylation is 2. The van der Waals surface area contributed by atoms with Gasteiger partial charge in [-0.3, -0.25) is 4.98 Å². The highest BCUT2D eigenvalue weighted by molar-refractivity contribution is 5.94. The molecule has 5 nitrogen and oxygen atoms in total. The standard InChI is InChI=1S/C24H28FN3O2/c1-15-10-20-23(14-21(15)25)28-22-7-5-4-6-19(22)24(20)27-9-8-26-16-11-17(29-2)13-18(12-16)30-3/h10-14,26H,4-9H2,1-3H3,(H,27,28). The molecule has 0 saturated carbocycles. The first kappa shape index (κ1) is 20.3. The van der Waals surface area contributed by atoms with Gasteiger partial charge < -0.3 is 20.1 Å². The number of nitrogens with zero attached hydrogens (tertiary/aromatic N) is 1. The maximum absolute atomic E-state index is 14.1. The molecule has 1 aromatic heterocycles. The molecule has 0 radical (unpaired) electrons. The zero-order chi connectivity index (χ0) is 21.1. The molecular formula is C24H28FN3O2. The smallest absolute Gasteiger partial charge is 0.128 e. The third-order valence-electron chi connectivity index (χ3n) is 5.65. The van der Waals surface area contributed by atoms with Crippen molar-refractivity contribution in [3.05, 3.63) is 53.0 Å². The van der Waals surface area contributed by atoms with Crippen molar-refractivity contribution in [1.29, 1.82) is 0 Å². The first-order valence-corrected chi connectivity index (χ1v) is 10.4. The first-order valence-electron chi connectivity index (χ1n) is 10.4. The van der Waals surface area contributed by atoms with E-state index in [1.165, 1.54) is 5.56 Å². The van der Waals surface area contributed by atoms with Crippen molar-refractivity contribution in [2.45, 2.75) is 32.6 Å². The van der Waals surface area contributed by atoms with E-state index in [0.717, 1.165) is 78.2 Å². The van der Waals surface area contributed by atoms with Gasteiger partial charge in [-0.15, -0.1) is 0 Å². The molecule has 158 valence electrons. The van der Waals surface area contributed by atoms with Crippen LogP contribution >= 0.6 is 0 Å². The molecule has 1 aliphatic carbocycles. The first-order chi connectivity index (χ1) is 14.6. The maximum Gasteiger partial charge on any atom is 0.128 e. The number of benzene rings is 2. The lowest BCUT2D eigenvalue weighted by Crippen LogP contribution is -2.17. The molecule has 3 aromatic rings. The zero-order valence-electron chi connectivity index (χ0n) is 17.8. The van der Waals surface area contributed by atoms with Gasteiger partial charge in [-0.05, 0) is 49.8 Å². The van der Waals surface area contributed by atoms with Crippen molar-refractivity contribution < 1.29 is 13.9 Å². The second-order valence-corrected chi connectivity index (χ2v) is 7.69. The number of hydrogen-bond acceptors (Lipinski definition) is 5. The Morgan fingerprint density at radius 3 is 2.37 bits per heavy atom. The number of fused-ring (bicyclic) bond motifs is 2. The van der Waals surface area contributed by atoms with E-state index in [2.05, 4.69) is 10.6 Å². The summed E-state index contributed by atoms with van der Waals surface area (Å²) < 4.78 is 24.8. The van der Waals surface area contributed by atoms with Crippen LogP contribution in [0.25, 0.3) is 10.9 Å². The van der Waals surface area contributed by atoms with Crippen LogP contribution in [0.4, 0.5) is 15.8 Å². The largest absolute Gasteiger partial charge is 0.497 e. The number of methoxy groups -OCH3 is 2. The third-order valence-corrected chi connectivity index (χ3v) is 5.65. The summed E-state index contributed by atoms with van der Waals surface area (Å²) in [7, 11) is 3.28. The van der Waals surface area contributed by atoms with Crippen molar-refractivity contribution >= 4 is 22.3 Å². The third kappa shape index (κ3) is 4.13. The molecule has 0 atom stereocenters. The van der Waals surface area contributed by atoms with Gasteiger partial charge in [0, 0.05) is 59.8 Å². The summed E-state index contributed by atoms with van der Waals surface area (Å²) in [5.74, 6) is 1.29. The molecule has 0 bridgehead atoms. The van der Waals surface area contributed by atoms with Gasteiger partial charge >= 0.3 is 0 Å². The summed E-state index contributed by atoms with van der Waals surface area (Å²) in [6.07, 6.45) is 4.27. The number of aromatic nitrogens is 1. The van der Waals surface area contributed by atoms with Crippen LogP contribution in [-0.2, 0) is 12.8 Å². The van der Waals surface area contributed by atoms with Crippen LogP contribution in [0.2, 0.25) is 0 Å². The molecule has 0 aliphatic heterocycles. The molecule has 2 aromatic carbocycles. The van der Waals surface area contributed by atoms with Gasteiger partial charge in [-0.1, -0.05) is 0 Å². The van der Waals surface area contributed by atoms with E-state index in [-0.39, 0.29) is 5.82 Å². The fourth-order valence-electron chi connectivity index (χ4n) is 4.06. The van der Waals surface area contributed by atoms with Crippen molar-refractivity contribution in [3.63, 3.8) is 0 Å². The predicted octanol–water partition coefficient (Wildman–Crippen LogP) is 5.10. The summed E-state index contributed by atoms with van der Waals surface area (Å²) in [4.78, 5) is 4.77. The van der Waals surface area contributed by atoms with Gasteiger partial charge in [0.1, 0.15) is 17.3 Å². The van der Waals surface area contributed by atoms with Gasteiger partial charge in [-0.25, -0.2) is 4.39 Å². The van der Waals surface area contributed by atoms with E-state index in [0.29, 0.717) is 5.56 Å². The minimum atomic E-state index is -0.203. The highest BCUT2D eigenvalue weighted by Gasteiger charge is 2.19. The van der Waals surface area contributed by atoms with Gasteiger partial charge in [0.05, 0.1) is 19.7 Å². The quantitative estimate of drug-likeness (QED) is 0.532. The zero-order valence-corrected chi connectivity index (χ0v) is 17.8. The Kier molecular flexibility index (Phi) is 5.93. The van der Waals surface area contributed by atoms with Crippen LogP contribution in [0.15, 0.2) is 30.3 Å². The fourth-order valence-corrected chi connectivity index (χ4v) is 4.06. The van der Waals surface area contributed by atoms with Crippen molar-refractivity contribution in [2.75, 3.05) is 37.9 Å². The minimum Gasteiger partial charge on any atom is -0.497 e. The van der Waals surface area contributed by atoms with E-state index in [1.54, 1.807) is 27.2 Å². The number of ether oxygens (including phenoxy) is 2. The summed E-state index contributed by atoms with van der Waals surface area (Å²) in [6, 6.07) is 9.21. The monoisotopic (exact) mass is 409 g/mol. The van der Waals surface area contributed by atoms with Crippen molar-refractivity contribution in [2.24, 2.45) is 0 Å². The number of rotatable bonds is 7. The Morgan fingerprint density at radius 1 is 0.933 bits per heavy atom. The van der Waals surface area contributed by atoms with Gasteiger partial charge in [0.15, 0.2) is 0 Å². The predicted molar refractivity (Wildman–Crippen MR) is 120 cm³/mol. The molecule has 0 spiro atoms. The molecule has 1 heterocycles. The minimum absolute atomic E-state index is 0.203. The topological polar surface area (TPSA) is 55.4 Å². The Hall–Kier alpha value is -3.02. The van der Waals surface area contributed by atoms with E-state index in [1.807, 2.05) is 24.3 Å². The van der Waals surface area contributed by atoms with Crippen LogP contribution < -0.4 is 20.1 Å². The number of hydrogen-bond donors (Lipinski definition) is 2. The van der Waals surface area contributed by atoms with Crippen LogP contribution in [0, 0.1) is 12.7 Å².